The van der Waals surface area contributed by atoms with Crippen molar-refractivity contribution in [3.05, 3.63) is 36.5 Å². The maximum atomic E-state index is 12.9. The van der Waals surface area contributed by atoms with Gasteiger partial charge >= 0.3 is 11.9 Å². The Kier molecular flexibility index (Phi) is 49.2. The lowest BCUT2D eigenvalue weighted by Gasteiger charge is -2.18. The molecule has 0 spiro atoms. The average Bonchev–Trinajstić information content (AvgIpc) is 3.30. The van der Waals surface area contributed by atoms with Crippen molar-refractivity contribution in [2.24, 2.45) is 0 Å². The van der Waals surface area contributed by atoms with Gasteiger partial charge in [-0.3, -0.25) is 14.4 Å². The summed E-state index contributed by atoms with van der Waals surface area (Å²) in [5.41, 5.74) is 0. The summed E-state index contributed by atoms with van der Waals surface area (Å²) >= 11 is 0. The van der Waals surface area contributed by atoms with Crippen molar-refractivity contribution < 1.29 is 34.1 Å². The largest absolute Gasteiger partial charge is 0.480 e. The molecule has 4 N–H and O–H groups in total. The molecule has 0 aliphatic carbocycles. The quantitative estimate of drug-likeness (QED) is 0.0270. The topological polar surface area (TPSA) is 142 Å². The molecule has 66 heavy (non-hydrogen) atoms. The molecule has 2 amide bonds. The van der Waals surface area contributed by atoms with Crippen LogP contribution in [0.2, 0.25) is 0 Å². The lowest BCUT2D eigenvalue weighted by molar-refractivity contribution is -0.150. The molecule has 0 aliphatic rings. The van der Waals surface area contributed by atoms with E-state index in [4.69, 9.17) is 14.9 Å². The van der Waals surface area contributed by atoms with E-state index in [1.807, 2.05) is 0 Å². The van der Waals surface area contributed by atoms with Gasteiger partial charge in [0.1, 0.15) is 12.1 Å². The summed E-state index contributed by atoms with van der Waals surface area (Å²) in [5.74, 6) is -2.29. The Morgan fingerprint density at radius 1 is 0.455 bits per heavy atom. The number of unbranched alkanes of at least 4 members (excludes halogenated alkanes) is 31. The molecular weight excluding hydrogens is 825 g/mol. The molecule has 0 saturated heterocycles. The van der Waals surface area contributed by atoms with E-state index in [1.165, 1.54) is 167 Å². The lowest BCUT2D eigenvalue weighted by atomic mass is 10.0. The Morgan fingerprint density at radius 3 is 1.24 bits per heavy atom. The summed E-state index contributed by atoms with van der Waals surface area (Å²) in [6.07, 6.45) is 61.9. The van der Waals surface area contributed by atoms with E-state index in [2.05, 4.69) is 60.9 Å². The van der Waals surface area contributed by atoms with Crippen LogP contribution >= 0.6 is 0 Å². The smallest absolute Gasteiger partial charge is 0.328 e. The van der Waals surface area contributed by atoms with Gasteiger partial charge in [-0.1, -0.05) is 204 Å². The molecule has 9 heteroatoms. The van der Waals surface area contributed by atoms with Crippen molar-refractivity contribution in [1.82, 2.24) is 10.6 Å². The van der Waals surface area contributed by atoms with Gasteiger partial charge in [0, 0.05) is 12.8 Å². The zero-order valence-electron chi connectivity index (χ0n) is 43.0. The minimum Gasteiger partial charge on any atom is -0.480 e. The number of carboxylic acid groups (broad SMARTS) is 1. The summed E-state index contributed by atoms with van der Waals surface area (Å²) < 4.78 is 6.08. The second-order valence-electron chi connectivity index (χ2n) is 19.0. The van der Waals surface area contributed by atoms with Gasteiger partial charge in [0.2, 0.25) is 11.8 Å². The Morgan fingerprint density at radius 2 is 0.818 bits per heavy atom. The van der Waals surface area contributed by atoms with Gasteiger partial charge in [0.05, 0.1) is 13.2 Å². The summed E-state index contributed by atoms with van der Waals surface area (Å²) in [5, 5.41) is 22.7. The zero-order chi connectivity index (χ0) is 48.2. The summed E-state index contributed by atoms with van der Waals surface area (Å²) in [7, 11) is 0. The highest BCUT2D eigenvalue weighted by molar-refractivity contribution is 5.87. The van der Waals surface area contributed by atoms with Crippen LogP contribution in [0.25, 0.3) is 0 Å². The molecule has 0 bridgehead atoms. The van der Waals surface area contributed by atoms with Crippen molar-refractivity contribution in [3.63, 3.8) is 0 Å². The van der Waals surface area contributed by atoms with Crippen LogP contribution in [0.5, 0.6) is 0 Å². The zero-order valence-corrected chi connectivity index (χ0v) is 43.0. The van der Waals surface area contributed by atoms with Crippen LogP contribution < -0.4 is 10.6 Å². The molecule has 384 valence electrons. The van der Waals surface area contributed by atoms with Gasteiger partial charge in [-0.05, 0) is 96.3 Å². The Labute approximate surface area is 406 Å². The minimum atomic E-state index is -1.38. The summed E-state index contributed by atoms with van der Waals surface area (Å²) in [4.78, 5) is 47.9. The van der Waals surface area contributed by atoms with Gasteiger partial charge in [-0.15, -0.1) is 0 Å². The van der Waals surface area contributed by atoms with Crippen LogP contribution in [0.15, 0.2) is 36.5 Å². The Balaban J connectivity index is 4.26. The van der Waals surface area contributed by atoms with Gasteiger partial charge in [0.25, 0.3) is 0 Å². The third kappa shape index (κ3) is 47.5. The first kappa shape index (κ1) is 63.1. The van der Waals surface area contributed by atoms with Crippen molar-refractivity contribution >= 4 is 23.8 Å². The van der Waals surface area contributed by atoms with Gasteiger partial charge in [-0.25, -0.2) is 4.79 Å². The van der Waals surface area contributed by atoms with E-state index in [9.17, 15) is 19.2 Å². The number of aliphatic hydroxyl groups excluding tert-OH is 1. The van der Waals surface area contributed by atoms with Crippen LogP contribution in [0.4, 0.5) is 0 Å². The SMILES string of the molecule is CCCCCCC/C=C\C/C=C\CCCCCCCCCCCCCC(=O)OC(CCCCC/C=C\CCCCCCCCCC)CCCCCCCC(=O)NCC(=O)NC(CO)C(=O)O. The number of amides is 2. The first-order valence-corrected chi connectivity index (χ1v) is 27.9. The van der Waals surface area contributed by atoms with Crippen molar-refractivity contribution in [2.75, 3.05) is 13.2 Å². The number of carboxylic acids is 1. The second kappa shape index (κ2) is 51.5. The molecule has 0 fully saturated rings. The predicted octanol–water partition coefficient (Wildman–Crippen LogP) is 15.3. The number of carbonyl (C=O) groups is 4. The standard InChI is InChI=1S/C57H104N2O7/c1-3-5-7-9-11-13-15-17-19-20-21-22-23-24-25-26-28-30-32-34-36-41-45-49-56(63)66-52(46-42-38-35-33-31-29-27-18-16-14-12-10-8-6-4-2)47-43-39-37-40-44-48-54(61)58-50-55(62)59-53(51-60)57(64)65/h15,17,20-21,29,31,52-53,60H,3-14,16,18-19,22-28,30,32-51H2,1-2H3,(H,58,61)(H,59,62)(H,64,65)/b17-15-,21-20-,31-29-. The van der Waals surface area contributed by atoms with Gasteiger partial charge in [0.15, 0.2) is 0 Å². The molecule has 0 aromatic carbocycles. The molecule has 0 aromatic heterocycles. The molecule has 0 rings (SSSR count). The fourth-order valence-corrected chi connectivity index (χ4v) is 8.33. The van der Waals surface area contributed by atoms with E-state index in [1.54, 1.807) is 0 Å². The number of hydrogen-bond acceptors (Lipinski definition) is 6. The summed E-state index contributed by atoms with van der Waals surface area (Å²) in [6.45, 7) is 3.50. The van der Waals surface area contributed by atoms with Crippen LogP contribution in [-0.2, 0) is 23.9 Å². The highest BCUT2D eigenvalue weighted by Crippen LogP contribution is 2.19. The maximum Gasteiger partial charge on any atom is 0.328 e. The monoisotopic (exact) mass is 929 g/mol. The van der Waals surface area contributed by atoms with Crippen LogP contribution in [-0.4, -0.2) is 59.3 Å². The first-order chi connectivity index (χ1) is 32.3. The highest BCUT2D eigenvalue weighted by atomic mass is 16.5. The third-order valence-electron chi connectivity index (χ3n) is 12.6. The fourth-order valence-electron chi connectivity index (χ4n) is 8.33. The van der Waals surface area contributed by atoms with E-state index in [0.717, 1.165) is 77.0 Å². The molecule has 0 aliphatic heterocycles. The minimum absolute atomic E-state index is 0.0306. The molecule has 0 saturated carbocycles. The average molecular weight is 929 g/mol. The van der Waals surface area contributed by atoms with Crippen LogP contribution in [0.1, 0.15) is 277 Å². The van der Waals surface area contributed by atoms with E-state index in [-0.39, 0.29) is 24.5 Å². The molecule has 2 atom stereocenters. The summed E-state index contributed by atoms with van der Waals surface area (Å²) in [6, 6.07) is -1.38. The number of allylic oxidation sites excluding steroid dienone is 6. The Bertz CT molecular complexity index is 1200. The third-order valence-corrected chi connectivity index (χ3v) is 12.6. The van der Waals surface area contributed by atoms with Crippen molar-refractivity contribution in [3.8, 4) is 0 Å². The number of aliphatic carboxylic acids is 1. The van der Waals surface area contributed by atoms with E-state index < -0.39 is 24.5 Å². The number of esters is 1. The molecule has 0 heterocycles. The number of hydrogen-bond donors (Lipinski definition) is 4. The lowest BCUT2D eigenvalue weighted by Crippen LogP contribution is -2.47. The normalized spacial score (nSPS) is 12.7. The van der Waals surface area contributed by atoms with E-state index >= 15 is 0 Å². The molecule has 0 aromatic rings. The Hall–Kier alpha value is -2.94. The number of ether oxygens (including phenoxy) is 1. The number of aliphatic hydroxyl groups is 1. The number of rotatable bonds is 51. The number of nitrogens with one attached hydrogen (secondary N) is 2. The van der Waals surface area contributed by atoms with Gasteiger partial charge < -0.3 is 25.6 Å². The first-order valence-electron chi connectivity index (χ1n) is 27.9. The molecule has 9 nitrogen and oxygen atoms in total. The van der Waals surface area contributed by atoms with Crippen LogP contribution in [0.3, 0.4) is 0 Å². The van der Waals surface area contributed by atoms with Gasteiger partial charge in [-0.2, -0.15) is 0 Å². The van der Waals surface area contributed by atoms with Crippen LogP contribution in [0, 0.1) is 0 Å². The van der Waals surface area contributed by atoms with E-state index in [0.29, 0.717) is 19.3 Å². The number of carbonyl (C=O) groups excluding carboxylic acids is 3. The predicted molar refractivity (Wildman–Crippen MR) is 278 cm³/mol. The molecular formula is C57H104N2O7. The molecule has 0 radical (unpaired) electrons. The van der Waals surface area contributed by atoms with Crippen molar-refractivity contribution in [2.45, 2.75) is 289 Å². The second-order valence-corrected chi connectivity index (χ2v) is 19.0. The highest BCUT2D eigenvalue weighted by Gasteiger charge is 2.19. The fraction of sp³-hybridized carbons (Fsp3) is 0.825. The van der Waals surface area contributed by atoms with Crippen molar-refractivity contribution in [1.29, 1.82) is 0 Å². The maximum absolute atomic E-state index is 12.9. The molecule has 2 unspecified atom stereocenters.